The van der Waals surface area contributed by atoms with E-state index >= 15 is 0 Å². The molecule has 0 spiro atoms. The number of fused-ring (bicyclic) bond motifs is 4. The molecular weight excluding hydrogens is 264 g/mol. The Kier molecular flexibility index (Phi) is 2.81. The average Bonchev–Trinajstić information content (AvgIpc) is 2.81. The van der Waals surface area contributed by atoms with Gasteiger partial charge in [0.2, 0.25) is 0 Å². The lowest BCUT2D eigenvalue weighted by atomic mass is 10.0. The van der Waals surface area contributed by atoms with Crippen molar-refractivity contribution in [1.82, 2.24) is 0 Å². The lowest BCUT2D eigenvalue weighted by Crippen LogP contribution is -2.20. The summed E-state index contributed by atoms with van der Waals surface area (Å²) in [4.78, 5) is 1.31. The Labute approximate surface area is 124 Å². The summed E-state index contributed by atoms with van der Waals surface area (Å²) >= 11 is 1.99. The summed E-state index contributed by atoms with van der Waals surface area (Å²) in [6.07, 6.45) is 1.35. The topological polar surface area (TPSA) is 9.23 Å². The Balaban J connectivity index is 1.71. The molecule has 0 unspecified atom stereocenters. The van der Waals surface area contributed by atoms with E-state index in [2.05, 4.69) is 56.3 Å². The first-order chi connectivity index (χ1) is 9.72. The van der Waals surface area contributed by atoms with Gasteiger partial charge in [0.05, 0.1) is 10.1 Å². The number of thioether (sulfide) groups is 1. The second-order valence-electron chi connectivity index (χ2n) is 5.96. The number of hydrogen-bond acceptors (Lipinski definition) is 2. The monoisotopic (exact) mass is 282 g/mol. The molecular formula is C18H18OS. The van der Waals surface area contributed by atoms with Crippen molar-refractivity contribution in [2.24, 2.45) is 0 Å². The molecule has 2 aromatic carbocycles. The first-order valence-corrected chi connectivity index (χ1v) is 8.15. The summed E-state index contributed by atoms with van der Waals surface area (Å²) in [7, 11) is 0. The predicted molar refractivity (Wildman–Crippen MR) is 83.7 cm³/mol. The van der Waals surface area contributed by atoms with Crippen LogP contribution in [0.1, 0.15) is 42.6 Å². The third-order valence-electron chi connectivity index (χ3n) is 4.29. The third kappa shape index (κ3) is 1.86. The van der Waals surface area contributed by atoms with Gasteiger partial charge in [0.1, 0.15) is 11.9 Å². The van der Waals surface area contributed by atoms with E-state index in [4.69, 9.17) is 4.74 Å². The fourth-order valence-corrected chi connectivity index (χ4v) is 4.49. The smallest absolute Gasteiger partial charge is 0.137 e. The first kappa shape index (κ1) is 12.3. The predicted octanol–water partition coefficient (Wildman–Crippen LogP) is 4.96. The molecule has 2 atom stereocenters. The Bertz CT molecular complexity index is 662. The van der Waals surface area contributed by atoms with E-state index in [1.165, 1.54) is 21.6 Å². The SMILES string of the molecule is CC(C)c1ccc2c(c1)S[C@H]1Cc3ccccc3[C@H]1O2. The maximum absolute atomic E-state index is 6.30. The van der Waals surface area contributed by atoms with E-state index in [1.807, 2.05) is 11.8 Å². The molecule has 2 heteroatoms. The molecule has 1 heterocycles. The van der Waals surface area contributed by atoms with Crippen LogP contribution in [0, 0.1) is 0 Å². The van der Waals surface area contributed by atoms with E-state index in [-0.39, 0.29) is 6.10 Å². The zero-order valence-electron chi connectivity index (χ0n) is 11.8. The van der Waals surface area contributed by atoms with Crippen molar-refractivity contribution in [3.05, 3.63) is 59.2 Å². The molecule has 20 heavy (non-hydrogen) atoms. The van der Waals surface area contributed by atoms with Crippen molar-refractivity contribution in [3.63, 3.8) is 0 Å². The average molecular weight is 282 g/mol. The van der Waals surface area contributed by atoms with Crippen molar-refractivity contribution in [2.75, 3.05) is 0 Å². The Morgan fingerprint density at radius 1 is 1.15 bits per heavy atom. The van der Waals surface area contributed by atoms with E-state index in [1.54, 1.807) is 0 Å². The van der Waals surface area contributed by atoms with Crippen LogP contribution in [0.2, 0.25) is 0 Å². The van der Waals surface area contributed by atoms with Gasteiger partial charge in [0, 0.05) is 0 Å². The molecule has 2 aromatic rings. The highest BCUT2D eigenvalue weighted by Crippen LogP contribution is 2.51. The summed E-state index contributed by atoms with van der Waals surface area (Å²) < 4.78 is 6.30. The van der Waals surface area contributed by atoms with E-state index < -0.39 is 0 Å². The van der Waals surface area contributed by atoms with Crippen LogP contribution in [-0.4, -0.2) is 5.25 Å². The van der Waals surface area contributed by atoms with Gasteiger partial charge >= 0.3 is 0 Å². The fourth-order valence-electron chi connectivity index (χ4n) is 3.14. The van der Waals surface area contributed by atoms with Crippen molar-refractivity contribution in [2.45, 2.75) is 42.4 Å². The van der Waals surface area contributed by atoms with Crippen molar-refractivity contribution < 1.29 is 4.74 Å². The summed E-state index contributed by atoms with van der Waals surface area (Å²) in [5.74, 6) is 1.62. The molecule has 0 aromatic heterocycles. The van der Waals surface area contributed by atoms with Crippen molar-refractivity contribution in [1.29, 1.82) is 0 Å². The van der Waals surface area contributed by atoms with Gasteiger partial charge in [-0.25, -0.2) is 0 Å². The van der Waals surface area contributed by atoms with Crippen LogP contribution in [0.3, 0.4) is 0 Å². The zero-order chi connectivity index (χ0) is 13.7. The van der Waals surface area contributed by atoms with Gasteiger partial charge in [0.25, 0.3) is 0 Å². The molecule has 1 aliphatic carbocycles. The molecule has 0 fully saturated rings. The van der Waals surface area contributed by atoms with Gasteiger partial charge in [-0.2, -0.15) is 0 Å². The fraction of sp³-hybridized carbons (Fsp3) is 0.333. The van der Waals surface area contributed by atoms with Crippen LogP contribution in [0.4, 0.5) is 0 Å². The summed E-state index contributed by atoms with van der Waals surface area (Å²) in [6.45, 7) is 4.48. The molecule has 4 rings (SSSR count). The number of rotatable bonds is 1. The Morgan fingerprint density at radius 3 is 2.85 bits per heavy atom. The van der Waals surface area contributed by atoms with E-state index in [9.17, 15) is 0 Å². The summed E-state index contributed by atoms with van der Waals surface area (Å²) in [5, 5.41) is 0.530. The molecule has 0 saturated carbocycles. The normalized spacial score (nSPS) is 22.9. The van der Waals surface area contributed by atoms with E-state index in [0.717, 1.165) is 12.2 Å². The minimum atomic E-state index is 0.230. The second-order valence-corrected chi connectivity index (χ2v) is 7.24. The third-order valence-corrected chi connectivity index (χ3v) is 5.58. The van der Waals surface area contributed by atoms with Crippen LogP contribution in [0.5, 0.6) is 5.75 Å². The quantitative estimate of drug-likeness (QED) is 0.731. The van der Waals surface area contributed by atoms with Crippen molar-refractivity contribution >= 4 is 11.8 Å². The van der Waals surface area contributed by atoms with Gasteiger partial charge in [-0.1, -0.05) is 44.2 Å². The minimum absolute atomic E-state index is 0.230. The lowest BCUT2D eigenvalue weighted by molar-refractivity contribution is 0.201. The molecule has 0 N–H and O–H groups in total. The molecule has 2 aliphatic rings. The Hall–Kier alpha value is -1.41. The van der Waals surface area contributed by atoms with E-state index in [0.29, 0.717) is 11.2 Å². The number of hydrogen-bond donors (Lipinski definition) is 0. The number of benzene rings is 2. The molecule has 0 bridgehead atoms. The first-order valence-electron chi connectivity index (χ1n) is 7.27. The standard InChI is InChI=1S/C18H18OS/c1-11(2)12-7-8-15-16(9-12)20-17-10-13-5-3-4-6-14(13)18(17)19-15/h3-9,11,17-18H,10H2,1-2H3/t17-,18+/m0/s1. The van der Waals surface area contributed by atoms with Crippen LogP contribution < -0.4 is 4.74 Å². The molecule has 0 radical (unpaired) electrons. The molecule has 102 valence electrons. The highest BCUT2D eigenvalue weighted by Gasteiger charge is 2.38. The molecule has 1 nitrogen and oxygen atoms in total. The minimum Gasteiger partial charge on any atom is -0.483 e. The van der Waals surface area contributed by atoms with Crippen LogP contribution in [0.15, 0.2) is 47.4 Å². The van der Waals surface area contributed by atoms with Crippen LogP contribution >= 0.6 is 11.8 Å². The lowest BCUT2D eigenvalue weighted by Gasteiger charge is -2.29. The maximum Gasteiger partial charge on any atom is 0.137 e. The maximum atomic E-state index is 6.30. The van der Waals surface area contributed by atoms with Crippen LogP contribution in [0.25, 0.3) is 0 Å². The van der Waals surface area contributed by atoms with Gasteiger partial charge in [-0.3, -0.25) is 0 Å². The molecule has 0 amide bonds. The Morgan fingerprint density at radius 2 is 2.00 bits per heavy atom. The van der Waals surface area contributed by atoms with Gasteiger partial charge in [-0.15, -0.1) is 11.8 Å². The zero-order valence-corrected chi connectivity index (χ0v) is 12.6. The van der Waals surface area contributed by atoms with Gasteiger partial charge in [-0.05, 0) is 41.2 Å². The second kappa shape index (κ2) is 4.56. The van der Waals surface area contributed by atoms with Gasteiger partial charge in [0.15, 0.2) is 0 Å². The largest absolute Gasteiger partial charge is 0.483 e. The van der Waals surface area contributed by atoms with Crippen LogP contribution in [-0.2, 0) is 6.42 Å². The summed E-state index contributed by atoms with van der Waals surface area (Å²) in [5.41, 5.74) is 4.23. The molecule has 0 saturated heterocycles. The van der Waals surface area contributed by atoms with Crippen molar-refractivity contribution in [3.8, 4) is 5.75 Å². The number of ether oxygens (including phenoxy) is 1. The molecule has 1 aliphatic heterocycles. The highest BCUT2D eigenvalue weighted by molar-refractivity contribution is 8.00. The highest BCUT2D eigenvalue weighted by atomic mass is 32.2. The van der Waals surface area contributed by atoms with Gasteiger partial charge < -0.3 is 4.74 Å². The summed E-state index contributed by atoms with van der Waals surface area (Å²) in [6, 6.07) is 15.4.